The summed E-state index contributed by atoms with van der Waals surface area (Å²) in [6.07, 6.45) is 0. The maximum Gasteiger partial charge on any atom is 0.254 e. The molecule has 1 aromatic heterocycles. The van der Waals surface area contributed by atoms with Crippen LogP contribution >= 0.6 is 11.6 Å². The first kappa shape index (κ1) is 12.2. The molecule has 0 aliphatic rings. The van der Waals surface area contributed by atoms with E-state index >= 15 is 0 Å². The lowest BCUT2D eigenvalue weighted by molar-refractivity contribution is 0.476. The zero-order valence-electron chi connectivity index (χ0n) is 9.62. The smallest absolute Gasteiger partial charge is 0.254 e. The summed E-state index contributed by atoms with van der Waals surface area (Å²) in [5, 5.41) is 0.281. The molecule has 0 radical (unpaired) electrons. The Kier molecular flexibility index (Phi) is 3.91. The van der Waals surface area contributed by atoms with Crippen molar-refractivity contribution in [3.63, 3.8) is 0 Å². The molecule has 0 aliphatic heterocycles. The average Bonchev–Trinajstić information content (AvgIpc) is 2.08. The van der Waals surface area contributed by atoms with Crippen molar-refractivity contribution in [1.29, 1.82) is 0 Å². The van der Waals surface area contributed by atoms with E-state index in [1.165, 1.54) is 6.07 Å². The Balaban J connectivity index is 3.27. The summed E-state index contributed by atoms with van der Waals surface area (Å²) in [5.74, 6) is 1.39. The van der Waals surface area contributed by atoms with Crippen LogP contribution in [0, 0.1) is 5.92 Å². The molecule has 0 fully saturated rings. The van der Waals surface area contributed by atoms with Crippen LogP contribution in [0.15, 0.2) is 10.9 Å². The van der Waals surface area contributed by atoms with E-state index in [0.717, 1.165) is 5.82 Å². The van der Waals surface area contributed by atoms with E-state index in [1.54, 1.807) is 4.57 Å². The largest absolute Gasteiger partial charge is 0.296 e. The molecule has 0 atom stereocenters. The van der Waals surface area contributed by atoms with Gasteiger partial charge in [0.2, 0.25) is 0 Å². The van der Waals surface area contributed by atoms with Gasteiger partial charge in [-0.05, 0) is 5.92 Å². The highest BCUT2D eigenvalue weighted by molar-refractivity contribution is 6.29. The van der Waals surface area contributed by atoms with Crippen LogP contribution in [0.1, 0.15) is 39.4 Å². The maximum atomic E-state index is 11.7. The van der Waals surface area contributed by atoms with Crippen molar-refractivity contribution in [2.24, 2.45) is 5.92 Å². The van der Waals surface area contributed by atoms with Crippen LogP contribution in [0.25, 0.3) is 0 Å². The maximum absolute atomic E-state index is 11.7. The summed E-state index contributed by atoms with van der Waals surface area (Å²) in [7, 11) is 0. The molecule has 1 rings (SSSR count). The van der Waals surface area contributed by atoms with Crippen LogP contribution in [0.3, 0.4) is 0 Å². The number of rotatable bonds is 3. The molecule has 3 nitrogen and oxygen atoms in total. The molecule has 0 aliphatic carbocycles. The first-order valence-electron chi connectivity index (χ1n) is 5.19. The lowest BCUT2D eigenvalue weighted by atomic mass is 10.1. The Morgan fingerprint density at radius 2 is 2.00 bits per heavy atom. The fourth-order valence-electron chi connectivity index (χ4n) is 1.48. The highest BCUT2D eigenvalue weighted by atomic mass is 35.5. The molecule has 0 saturated carbocycles. The molecule has 1 aromatic rings. The van der Waals surface area contributed by atoms with Crippen molar-refractivity contribution in [1.82, 2.24) is 9.55 Å². The summed E-state index contributed by atoms with van der Waals surface area (Å²) >= 11 is 5.78. The quantitative estimate of drug-likeness (QED) is 0.746. The van der Waals surface area contributed by atoms with Gasteiger partial charge in [0.05, 0.1) is 0 Å². The standard InChI is InChI=1S/C11H17ClN2O/c1-7(2)6-14-10(15)5-9(12)13-11(14)8(3)4/h5,7-8H,6H2,1-4H3. The fourth-order valence-corrected chi connectivity index (χ4v) is 1.66. The third-order valence-corrected chi connectivity index (χ3v) is 2.26. The highest BCUT2D eigenvalue weighted by Gasteiger charge is 2.12. The third kappa shape index (κ3) is 3.06. The van der Waals surface area contributed by atoms with Gasteiger partial charge in [0, 0.05) is 18.5 Å². The van der Waals surface area contributed by atoms with Gasteiger partial charge < -0.3 is 0 Å². The van der Waals surface area contributed by atoms with E-state index in [-0.39, 0.29) is 16.6 Å². The second-order valence-corrected chi connectivity index (χ2v) is 4.82. The minimum atomic E-state index is -0.0626. The van der Waals surface area contributed by atoms with E-state index in [0.29, 0.717) is 12.5 Å². The molecule has 0 N–H and O–H groups in total. The fraction of sp³-hybridized carbons (Fsp3) is 0.636. The second-order valence-electron chi connectivity index (χ2n) is 4.43. The number of hydrogen-bond acceptors (Lipinski definition) is 2. The lowest BCUT2D eigenvalue weighted by Crippen LogP contribution is -2.27. The Labute approximate surface area is 95.1 Å². The molecular formula is C11H17ClN2O. The molecule has 0 saturated heterocycles. The summed E-state index contributed by atoms with van der Waals surface area (Å²) in [6.45, 7) is 8.86. The van der Waals surface area contributed by atoms with Gasteiger partial charge in [-0.25, -0.2) is 4.98 Å². The van der Waals surface area contributed by atoms with Gasteiger partial charge in [-0.15, -0.1) is 0 Å². The predicted octanol–water partition coefficient (Wildman–Crippen LogP) is 2.68. The van der Waals surface area contributed by atoms with Gasteiger partial charge >= 0.3 is 0 Å². The number of hydrogen-bond donors (Lipinski definition) is 0. The number of nitrogens with zero attached hydrogens (tertiary/aromatic N) is 2. The normalized spacial score (nSPS) is 11.4. The van der Waals surface area contributed by atoms with E-state index in [2.05, 4.69) is 18.8 Å². The Morgan fingerprint density at radius 3 is 2.47 bits per heavy atom. The summed E-state index contributed by atoms with van der Waals surface area (Å²) < 4.78 is 1.71. The Hall–Kier alpha value is -0.830. The van der Waals surface area contributed by atoms with Crippen LogP contribution in [0.2, 0.25) is 5.15 Å². The summed E-state index contributed by atoms with van der Waals surface area (Å²) in [6, 6.07) is 1.37. The molecule has 84 valence electrons. The molecule has 0 amide bonds. The number of halogens is 1. The van der Waals surface area contributed by atoms with Crippen LogP contribution in [-0.2, 0) is 6.54 Å². The van der Waals surface area contributed by atoms with Gasteiger partial charge in [0.1, 0.15) is 11.0 Å². The second kappa shape index (κ2) is 4.79. The molecule has 0 spiro atoms. The molecule has 0 aromatic carbocycles. The van der Waals surface area contributed by atoms with Crippen LogP contribution < -0.4 is 5.56 Å². The SMILES string of the molecule is CC(C)Cn1c(C(C)C)nc(Cl)cc1=O. The molecule has 0 unspecified atom stereocenters. The van der Waals surface area contributed by atoms with Crippen molar-refractivity contribution in [3.05, 3.63) is 27.4 Å². The van der Waals surface area contributed by atoms with Crippen molar-refractivity contribution < 1.29 is 0 Å². The summed E-state index contributed by atoms with van der Waals surface area (Å²) in [5.41, 5.74) is -0.0626. The topological polar surface area (TPSA) is 34.9 Å². The Bertz CT molecular complexity index is 396. The predicted molar refractivity (Wildman–Crippen MR) is 62.4 cm³/mol. The van der Waals surface area contributed by atoms with E-state index in [9.17, 15) is 4.79 Å². The van der Waals surface area contributed by atoms with Crippen molar-refractivity contribution in [2.45, 2.75) is 40.2 Å². The first-order valence-corrected chi connectivity index (χ1v) is 5.57. The average molecular weight is 229 g/mol. The molecule has 4 heteroatoms. The lowest BCUT2D eigenvalue weighted by Gasteiger charge is -2.16. The van der Waals surface area contributed by atoms with Gasteiger partial charge in [0.15, 0.2) is 0 Å². The monoisotopic (exact) mass is 228 g/mol. The molecule has 0 bridgehead atoms. The van der Waals surface area contributed by atoms with Crippen LogP contribution in [-0.4, -0.2) is 9.55 Å². The van der Waals surface area contributed by atoms with Gasteiger partial charge in [-0.3, -0.25) is 9.36 Å². The van der Waals surface area contributed by atoms with Gasteiger partial charge in [-0.2, -0.15) is 0 Å². The number of aromatic nitrogens is 2. The van der Waals surface area contributed by atoms with Crippen LogP contribution in [0.5, 0.6) is 0 Å². The molecule has 15 heavy (non-hydrogen) atoms. The highest BCUT2D eigenvalue weighted by Crippen LogP contribution is 2.13. The van der Waals surface area contributed by atoms with Crippen molar-refractivity contribution in [2.75, 3.05) is 0 Å². The van der Waals surface area contributed by atoms with E-state index in [1.807, 2.05) is 13.8 Å². The minimum Gasteiger partial charge on any atom is -0.296 e. The van der Waals surface area contributed by atoms with E-state index < -0.39 is 0 Å². The van der Waals surface area contributed by atoms with E-state index in [4.69, 9.17) is 11.6 Å². The first-order chi connectivity index (χ1) is 6.91. The van der Waals surface area contributed by atoms with Crippen molar-refractivity contribution in [3.8, 4) is 0 Å². The van der Waals surface area contributed by atoms with Gasteiger partial charge in [0.25, 0.3) is 5.56 Å². The minimum absolute atomic E-state index is 0.0626. The Morgan fingerprint density at radius 1 is 1.40 bits per heavy atom. The summed E-state index contributed by atoms with van der Waals surface area (Å²) in [4.78, 5) is 16.0. The third-order valence-electron chi connectivity index (χ3n) is 2.07. The van der Waals surface area contributed by atoms with Crippen LogP contribution in [0.4, 0.5) is 0 Å². The molecule has 1 heterocycles. The molecular weight excluding hydrogens is 212 g/mol. The van der Waals surface area contributed by atoms with Crippen molar-refractivity contribution >= 4 is 11.6 Å². The zero-order chi connectivity index (χ0) is 11.6. The van der Waals surface area contributed by atoms with Gasteiger partial charge in [-0.1, -0.05) is 39.3 Å². The zero-order valence-corrected chi connectivity index (χ0v) is 10.4.